The number of aryl methyl sites for hydroxylation is 1. The molecule has 1 aliphatic rings. The number of pyridine rings is 1. The third-order valence-electron chi connectivity index (χ3n) is 5.87. The summed E-state index contributed by atoms with van der Waals surface area (Å²) in [5, 5.41) is 8.90. The Morgan fingerprint density at radius 3 is 2.38 bits per heavy atom. The Kier molecular flexibility index (Phi) is 5.44. The highest BCUT2D eigenvalue weighted by Crippen LogP contribution is 2.26. The van der Waals surface area contributed by atoms with Crippen molar-refractivity contribution in [3.8, 4) is 6.07 Å². The van der Waals surface area contributed by atoms with E-state index in [1.165, 1.54) is 46.6 Å². The summed E-state index contributed by atoms with van der Waals surface area (Å²) >= 11 is 0. The summed E-state index contributed by atoms with van der Waals surface area (Å²) in [7, 11) is 3.15. The first-order chi connectivity index (χ1) is 15.3. The fourth-order valence-corrected chi connectivity index (χ4v) is 3.89. The molecular weight excluding hydrogens is 412 g/mol. The molecule has 1 saturated heterocycles. The van der Waals surface area contributed by atoms with Crippen LogP contribution in [-0.4, -0.2) is 50.1 Å². The number of carbonyl (C=O) groups is 1. The topological polar surface area (TPSA) is 130 Å². The SMILES string of the molecule is CC(=O)N(C)c1cnc2c(c1)n(C)c(=O)c(=O)n2C1CCN(c2ncc(C#N)cn2)CC1. The molecule has 4 rings (SSSR count). The highest BCUT2D eigenvalue weighted by molar-refractivity contribution is 5.92. The molecular formula is C21H22N8O3. The van der Waals surface area contributed by atoms with Gasteiger partial charge in [-0.25, -0.2) is 15.0 Å². The fourth-order valence-electron chi connectivity index (χ4n) is 3.89. The molecule has 3 aromatic rings. The van der Waals surface area contributed by atoms with Crippen molar-refractivity contribution in [2.24, 2.45) is 7.05 Å². The molecule has 0 bridgehead atoms. The van der Waals surface area contributed by atoms with Gasteiger partial charge in [-0.15, -0.1) is 0 Å². The first-order valence-corrected chi connectivity index (χ1v) is 10.1. The van der Waals surface area contributed by atoms with Gasteiger partial charge in [0.1, 0.15) is 6.07 Å². The molecule has 0 unspecified atom stereocenters. The van der Waals surface area contributed by atoms with E-state index in [0.717, 1.165) is 0 Å². The summed E-state index contributed by atoms with van der Waals surface area (Å²) < 4.78 is 2.75. The lowest BCUT2D eigenvalue weighted by Crippen LogP contribution is -2.45. The minimum Gasteiger partial charge on any atom is -0.341 e. The lowest BCUT2D eigenvalue weighted by atomic mass is 10.0. The van der Waals surface area contributed by atoms with Crippen LogP contribution in [0.15, 0.2) is 34.2 Å². The molecule has 4 heterocycles. The van der Waals surface area contributed by atoms with Crippen LogP contribution in [0.25, 0.3) is 11.2 Å². The number of amides is 1. The van der Waals surface area contributed by atoms with E-state index in [2.05, 4.69) is 15.0 Å². The van der Waals surface area contributed by atoms with Crippen LogP contribution in [0.3, 0.4) is 0 Å². The monoisotopic (exact) mass is 434 g/mol. The van der Waals surface area contributed by atoms with E-state index in [9.17, 15) is 14.4 Å². The van der Waals surface area contributed by atoms with Crippen LogP contribution < -0.4 is 20.9 Å². The highest BCUT2D eigenvalue weighted by Gasteiger charge is 2.26. The number of rotatable bonds is 3. The molecule has 1 aliphatic heterocycles. The van der Waals surface area contributed by atoms with Gasteiger partial charge in [-0.05, 0) is 18.9 Å². The van der Waals surface area contributed by atoms with Crippen molar-refractivity contribution >= 4 is 28.7 Å². The Morgan fingerprint density at radius 1 is 1.12 bits per heavy atom. The second-order valence-corrected chi connectivity index (χ2v) is 7.76. The smallest absolute Gasteiger partial charge is 0.318 e. The lowest BCUT2D eigenvalue weighted by molar-refractivity contribution is -0.116. The maximum absolute atomic E-state index is 12.9. The average molecular weight is 434 g/mol. The number of nitrogens with zero attached hydrogens (tertiary/aromatic N) is 8. The third-order valence-corrected chi connectivity index (χ3v) is 5.87. The first-order valence-electron chi connectivity index (χ1n) is 10.1. The molecule has 32 heavy (non-hydrogen) atoms. The molecule has 0 N–H and O–H groups in total. The van der Waals surface area contributed by atoms with Gasteiger partial charge in [0.25, 0.3) is 0 Å². The van der Waals surface area contributed by atoms with E-state index in [1.807, 2.05) is 11.0 Å². The molecule has 0 radical (unpaired) electrons. The second kappa shape index (κ2) is 8.22. The number of aromatic nitrogens is 5. The average Bonchev–Trinajstić information content (AvgIpc) is 2.82. The summed E-state index contributed by atoms with van der Waals surface area (Å²) in [4.78, 5) is 53.6. The van der Waals surface area contributed by atoms with Gasteiger partial charge in [0.05, 0.1) is 35.4 Å². The van der Waals surface area contributed by atoms with E-state index in [0.29, 0.717) is 54.3 Å². The van der Waals surface area contributed by atoms with Crippen LogP contribution in [0.2, 0.25) is 0 Å². The van der Waals surface area contributed by atoms with Gasteiger partial charge in [0.15, 0.2) is 5.65 Å². The summed E-state index contributed by atoms with van der Waals surface area (Å²) in [6.45, 7) is 2.62. The summed E-state index contributed by atoms with van der Waals surface area (Å²) in [5.74, 6) is 0.362. The molecule has 0 saturated carbocycles. The zero-order valence-corrected chi connectivity index (χ0v) is 18.0. The van der Waals surface area contributed by atoms with Gasteiger partial charge in [-0.3, -0.25) is 19.0 Å². The van der Waals surface area contributed by atoms with E-state index >= 15 is 0 Å². The molecule has 0 aromatic carbocycles. The lowest BCUT2D eigenvalue weighted by Gasteiger charge is -2.33. The minimum absolute atomic E-state index is 0.165. The van der Waals surface area contributed by atoms with Gasteiger partial charge < -0.3 is 14.4 Å². The number of hydrogen-bond donors (Lipinski definition) is 0. The molecule has 1 amide bonds. The molecule has 0 aliphatic carbocycles. The minimum atomic E-state index is -0.639. The Balaban J connectivity index is 1.68. The fraction of sp³-hybridized carbons (Fsp3) is 0.381. The molecule has 11 heteroatoms. The Morgan fingerprint density at radius 2 is 1.78 bits per heavy atom. The van der Waals surface area contributed by atoms with Gasteiger partial charge >= 0.3 is 11.1 Å². The van der Waals surface area contributed by atoms with Crippen molar-refractivity contribution < 1.29 is 4.79 Å². The third kappa shape index (κ3) is 3.60. The van der Waals surface area contributed by atoms with Crippen molar-refractivity contribution in [1.82, 2.24) is 24.1 Å². The van der Waals surface area contributed by atoms with Crippen molar-refractivity contribution in [2.75, 3.05) is 29.9 Å². The van der Waals surface area contributed by atoms with Crippen molar-refractivity contribution in [3.05, 3.63) is 50.9 Å². The van der Waals surface area contributed by atoms with E-state index < -0.39 is 11.1 Å². The van der Waals surface area contributed by atoms with Gasteiger partial charge in [-0.1, -0.05) is 0 Å². The van der Waals surface area contributed by atoms with Crippen LogP contribution in [0.4, 0.5) is 11.6 Å². The van der Waals surface area contributed by atoms with Crippen molar-refractivity contribution in [3.63, 3.8) is 0 Å². The van der Waals surface area contributed by atoms with E-state index in [1.54, 1.807) is 13.1 Å². The molecule has 1 fully saturated rings. The van der Waals surface area contributed by atoms with Crippen molar-refractivity contribution in [2.45, 2.75) is 25.8 Å². The molecule has 164 valence electrons. The zero-order valence-electron chi connectivity index (χ0n) is 18.0. The summed E-state index contributed by atoms with van der Waals surface area (Å²) in [6.07, 6.45) is 5.69. The van der Waals surface area contributed by atoms with Crippen molar-refractivity contribution in [1.29, 1.82) is 5.26 Å². The number of hydrogen-bond acceptors (Lipinski definition) is 8. The molecule has 0 spiro atoms. The normalized spacial score (nSPS) is 14.4. The number of carbonyl (C=O) groups excluding carboxylic acids is 1. The summed E-state index contributed by atoms with van der Waals surface area (Å²) in [6, 6.07) is 3.48. The predicted molar refractivity (Wildman–Crippen MR) is 118 cm³/mol. The van der Waals surface area contributed by atoms with Crippen LogP contribution in [0.5, 0.6) is 0 Å². The number of nitriles is 1. The Hall–Kier alpha value is -4.07. The molecule has 0 atom stereocenters. The molecule has 11 nitrogen and oxygen atoms in total. The van der Waals surface area contributed by atoms with Crippen LogP contribution in [0, 0.1) is 11.3 Å². The maximum atomic E-state index is 12.9. The largest absolute Gasteiger partial charge is 0.341 e. The van der Waals surface area contributed by atoms with Gasteiger partial charge in [0.2, 0.25) is 11.9 Å². The standard InChI is InChI=1S/C21H22N8O3/c1-13(30)26(2)16-8-17-18(23-12-16)29(20(32)19(31)27(17)3)15-4-6-28(7-5-15)21-24-10-14(9-22)11-25-21/h8,10-12,15H,4-7H2,1-3H3. The zero-order chi connectivity index (χ0) is 23.0. The maximum Gasteiger partial charge on any atom is 0.318 e. The first kappa shape index (κ1) is 21.2. The quantitative estimate of drug-likeness (QED) is 0.547. The van der Waals surface area contributed by atoms with E-state index in [-0.39, 0.29) is 11.9 Å². The van der Waals surface area contributed by atoms with E-state index in [4.69, 9.17) is 5.26 Å². The second-order valence-electron chi connectivity index (χ2n) is 7.76. The predicted octanol–water partition coefficient (Wildman–Crippen LogP) is 0.581. The number of anilines is 2. The summed E-state index contributed by atoms with van der Waals surface area (Å²) in [5.41, 5.74) is 0.567. The number of piperidine rings is 1. The molecule has 3 aromatic heterocycles. The van der Waals surface area contributed by atoms with Gasteiger partial charge in [0, 0.05) is 40.2 Å². The Bertz CT molecular complexity index is 1340. The Labute approximate surface area is 183 Å². The highest BCUT2D eigenvalue weighted by atomic mass is 16.2. The number of fused-ring (bicyclic) bond motifs is 1. The van der Waals surface area contributed by atoms with Crippen LogP contribution in [-0.2, 0) is 11.8 Å². The van der Waals surface area contributed by atoms with Gasteiger partial charge in [-0.2, -0.15) is 5.26 Å². The van der Waals surface area contributed by atoms with Crippen LogP contribution in [0.1, 0.15) is 31.4 Å². The van der Waals surface area contributed by atoms with Crippen LogP contribution >= 0.6 is 0 Å².